The van der Waals surface area contributed by atoms with E-state index in [4.69, 9.17) is 0 Å². The average molecular weight is 423 g/mol. The Morgan fingerprint density at radius 2 is 1.86 bits per heavy atom. The van der Waals surface area contributed by atoms with Crippen molar-refractivity contribution < 1.29 is 9.59 Å². The predicted octanol–water partition coefficient (Wildman–Crippen LogP) is 5.27. The zero-order chi connectivity index (χ0) is 21.1. The fraction of sp³-hybridized carbons (Fsp3) is 0.261. The zero-order valence-corrected chi connectivity index (χ0v) is 18.5. The van der Waals surface area contributed by atoms with Crippen LogP contribution in [0.3, 0.4) is 0 Å². The van der Waals surface area contributed by atoms with Gasteiger partial charge in [-0.2, -0.15) is 5.26 Å². The van der Waals surface area contributed by atoms with Gasteiger partial charge in [-0.3, -0.25) is 9.59 Å². The van der Waals surface area contributed by atoms with E-state index < -0.39 is 5.92 Å². The van der Waals surface area contributed by atoms with Crippen molar-refractivity contribution in [2.75, 3.05) is 5.75 Å². The molecule has 0 saturated carbocycles. The van der Waals surface area contributed by atoms with Crippen LogP contribution in [0, 0.1) is 25.2 Å². The van der Waals surface area contributed by atoms with Crippen molar-refractivity contribution in [3.05, 3.63) is 79.2 Å². The number of aryl methyl sites for hydroxylation is 2. The lowest BCUT2D eigenvalue weighted by atomic mass is 9.84. The first-order valence-corrected chi connectivity index (χ1v) is 11.1. The second kappa shape index (κ2) is 8.81. The third-order valence-corrected chi connectivity index (χ3v) is 7.01. The maximum Gasteiger partial charge on any atom is 0.173 e. The molecule has 3 rings (SSSR count). The Kier molecular flexibility index (Phi) is 6.41. The SMILES string of the molecule is CC(=O)C1=C(C)NC(SCC(=O)c2ccc(C)cc2)=C(C#N)C1c1sccc1C. The summed E-state index contributed by atoms with van der Waals surface area (Å²) in [5, 5.41) is 15.8. The van der Waals surface area contributed by atoms with Crippen LogP contribution in [-0.2, 0) is 4.79 Å². The Hall–Kier alpha value is -2.62. The number of carbonyl (C=O) groups excluding carboxylic acids is 2. The summed E-state index contributed by atoms with van der Waals surface area (Å²) in [6, 6.07) is 11.8. The van der Waals surface area contributed by atoms with Gasteiger partial charge in [-0.05, 0) is 44.7 Å². The summed E-state index contributed by atoms with van der Waals surface area (Å²) in [4.78, 5) is 26.0. The molecular weight excluding hydrogens is 400 g/mol. The topological polar surface area (TPSA) is 70.0 Å². The van der Waals surface area contributed by atoms with Crippen molar-refractivity contribution in [1.82, 2.24) is 5.32 Å². The Morgan fingerprint density at radius 1 is 1.17 bits per heavy atom. The fourth-order valence-electron chi connectivity index (χ4n) is 3.40. The van der Waals surface area contributed by atoms with Crippen molar-refractivity contribution in [2.45, 2.75) is 33.6 Å². The molecule has 0 fully saturated rings. The number of thioether (sulfide) groups is 1. The van der Waals surface area contributed by atoms with Crippen LogP contribution in [-0.4, -0.2) is 17.3 Å². The molecule has 1 aromatic heterocycles. The number of nitrogens with zero attached hydrogens (tertiary/aromatic N) is 1. The van der Waals surface area contributed by atoms with Crippen molar-refractivity contribution in [3.63, 3.8) is 0 Å². The van der Waals surface area contributed by atoms with Crippen LogP contribution >= 0.6 is 23.1 Å². The highest BCUT2D eigenvalue weighted by Gasteiger charge is 2.34. The molecule has 2 heterocycles. The molecule has 0 radical (unpaired) electrons. The molecule has 0 spiro atoms. The fourth-order valence-corrected chi connectivity index (χ4v) is 5.43. The van der Waals surface area contributed by atoms with Gasteiger partial charge < -0.3 is 5.32 Å². The van der Waals surface area contributed by atoms with Gasteiger partial charge in [-0.1, -0.05) is 41.6 Å². The lowest BCUT2D eigenvalue weighted by Crippen LogP contribution is -2.27. The first-order valence-electron chi connectivity index (χ1n) is 9.23. The Balaban J connectivity index is 1.94. The summed E-state index contributed by atoms with van der Waals surface area (Å²) in [7, 11) is 0. The van der Waals surface area contributed by atoms with Gasteiger partial charge in [-0.15, -0.1) is 11.3 Å². The molecule has 1 aliphatic heterocycles. The maximum atomic E-state index is 12.6. The molecule has 0 bridgehead atoms. The largest absolute Gasteiger partial charge is 0.353 e. The lowest BCUT2D eigenvalue weighted by Gasteiger charge is -2.29. The van der Waals surface area contributed by atoms with Gasteiger partial charge in [-0.25, -0.2) is 0 Å². The minimum atomic E-state index is -0.393. The molecule has 0 amide bonds. The quantitative estimate of drug-likeness (QED) is 0.643. The summed E-state index contributed by atoms with van der Waals surface area (Å²) >= 11 is 2.86. The molecule has 1 aliphatic rings. The molecule has 29 heavy (non-hydrogen) atoms. The van der Waals surface area contributed by atoms with Crippen molar-refractivity contribution in [1.29, 1.82) is 5.26 Å². The maximum absolute atomic E-state index is 12.6. The number of thiophene rings is 1. The molecule has 6 heteroatoms. The standard InChI is InChI=1S/C23H22N2O2S2/c1-13-5-7-17(8-6-13)19(27)12-29-23-18(11-24)21(22-14(2)9-10-28-22)20(16(4)26)15(3)25-23/h5-10,21,25H,12H2,1-4H3. The summed E-state index contributed by atoms with van der Waals surface area (Å²) in [6.45, 7) is 7.35. The van der Waals surface area contributed by atoms with Crippen LogP contribution in [0.4, 0.5) is 0 Å². The number of Topliss-reactive ketones (excluding diaryl/α,β-unsaturated/α-hetero) is 2. The lowest BCUT2D eigenvalue weighted by molar-refractivity contribution is -0.113. The number of ketones is 2. The van der Waals surface area contributed by atoms with E-state index in [1.165, 1.54) is 18.7 Å². The number of benzene rings is 1. The number of carbonyl (C=O) groups is 2. The second-order valence-electron chi connectivity index (χ2n) is 7.05. The van der Waals surface area contributed by atoms with E-state index in [-0.39, 0.29) is 17.3 Å². The third-order valence-electron chi connectivity index (χ3n) is 4.91. The Morgan fingerprint density at radius 3 is 2.41 bits per heavy atom. The molecule has 1 N–H and O–H groups in total. The van der Waals surface area contributed by atoms with Crippen LogP contribution < -0.4 is 5.32 Å². The van der Waals surface area contributed by atoms with E-state index in [9.17, 15) is 14.9 Å². The first-order chi connectivity index (χ1) is 13.8. The molecule has 1 unspecified atom stereocenters. The monoisotopic (exact) mass is 422 g/mol. The number of hydrogen-bond acceptors (Lipinski definition) is 6. The average Bonchev–Trinajstić information content (AvgIpc) is 3.11. The number of allylic oxidation sites excluding steroid dienone is 3. The Labute approximate surface area is 179 Å². The van der Waals surface area contributed by atoms with Crippen molar-refractivity contribution >= 4 is 34.7 Å². The van der Waals surface area contributed by atoms with Gasteiger partial charge in [0.1, 0.15) is 0 Å². The summed E-state index contributed by atoms with van der Waals surface area (Å²) in [6.07, 6.45) is 0. The predicted molar refractivity (Wildman–Crippen MR) is 119 cm³/mol. The van der Waals surface area contributed by atoms with Gasteiger partial charge in [0.25, 0.3) is 0 Å². The van der Waals surface area contributed by atoms with Gasteiger partial charge >= 0.3 is 0 Å². The normalized spacial score (nSPS) is 16.4. The molecule has 4 nitrogen and oxygen atoms in total. The van der Waals surface area contributed by atoms with Crippen LogP contribution in [0.25, 0.3) is 0 Å². The molecule has 148 valence electrons. The molecular formula is C23H22N2O2S2. The summed E-state index contributed by atoms with van der Waals surface area (Å²) in [5.41, 5.74) is 4.65. The van der Waals surface area contributed by atoms with Crippen molar-refractivity contribution in [3.8, 4) is 6.07 Å². The van der Waals surface area contributed by atoms with Gasteiger partial charge in [0.15, 0.2) is 11.6 Å². The summed E-state index contributed by atoms with van der Waals surface area (Å²) < 4.78 is 0. The van der Waals surface area contributed by atoms with Gasteiger partial charge in [0.05, 0.1) is 28.3 Å². The molecule has 1 atom stereocenters. The highest BCUT2D eigenvalue weighted by Crippen LogP contribution is 2.43. The number of dihydropyridines is 1. The highest BCUT2D eigenvalue weighted by molar-refractivity contribution is 8.03. The van der Waals surface area contributed by atoms with E-state index in [1.807, 2.05) is 56.5 Å². The first kappa shape index (κ1) is 21.1. The van der Waals surface area contributed by atoms with Crippen LogP contribution in [0.1, 0.15) is 46.1 Å². The van der Waals surface area contributed by atoms with Gasteiger partial charge in [0.2, 0.25) is 0 Å². The highest BCUT2D eigenvalue weighted by atomic mass is 32.2. The number of nitrogens with one attached hydrogen (secondary N) is 1. The third kappa shape index (κ3) is 4.36. The number of hydrogen-bond donors (Lipinski definition) is 1. The molecule has 0 saturated heterocycles. The Bertz CT molecular complexity index is 1070. The van der Waals surface area contributed by atoms with E-state index in [1.54, 1.807) is 11.3 Å². The van der Waals surface area contributed by atoms with E-state index >= 15 is 0 Å². The molecule has 2 aromatic rings. The summed E-state index contributed by atoms with van der Waals surface area (Å²) in [5.74, 6) is -0.226. The second-order valence-corrected chi connectivity index (χ2v) is 8.99. The van der Waals surface area contributed by atoms with E-state index in [2.05, 4.69) is 11.4 Å². The van der Waals surface area contributed by atoms with Crippen molar-refractivity contribution in [2.24, 2.45) is 0 Å². The minimum absolute atomic E-state index is 0.00411. The van der Waals surface area contributed by atoms with Crippen LogP contribution in [0.2, 0.25) is 0 Å². The van der Waals surface area contributed by atoms with Gasteiger partial charge in [0, 0.05) is 21.7 Å². The smallest absolute Gasteiger partial charge is 0.173 e. The van der Waals surface area contributed by atoms with Crippen LogP contribution in [0.15, 0.2) is 57.6 Å². The number of rotatable bonds is 6. The minimum Gasteiger partial charge on any atom is -0.353 e. The van der Waals surface area contributed by atoms with Crippen LogP contribution in [0.5, 0.6) is 0 Å². The number of nitriles is 1. The molecule has 1 aromatic carbocycles. The zero-order valence-electron chi connectivity index (χ0n) is 16.8. The van der Waals surface area contributed by atoms with E-state index in [0.29, 0.717) is 21.7 Å². The molecule has 0 aliphatic carbocycles. The van der Waals surface area contributed by atoms with E-state index in [0.717, 1.165) is 21.7 Å².